The molecule has 11 heavy (non-hydrogen) atoms. The van der Waals surface area contributed by atoms with Crippen LogP contribution in [-0.4, -0.2) is 24.5 Å². The van der Waals surface area contributed by atoms with Crippen molar-refractivity contribution in [3.63, 3.8) is 0 Å². The van der Waals surface area contributed by atoms with E-state index in [0.717, 1.165) is 19.4 Å². The lowest BCUT2D eigenvalue weighted by Crippen LogP contribution is -2.34. The van der Waals surface area contributed by atoms with Crippen LogP contribution in [0.1, 0.15) is 19.8 Å². The van der Waals surface area contributed by atoms with Crippen LogP contribution in [0.3, 0.4) is 0 Å². The van der Waals surface area contributed by atoms with Gasteiger partial charge in [0.15, 0.2) is 0 Å². The number of hydrogen-bond acceptors (Lipinski definition) is 2. The van der Waals surface area contributed by atoms with E-state index in [4.69, 9.17) is 5.26 Å². The van der Waals surface area contributed by atoms with Crippen LogP contribution < -0.4 is 0 Å². The summed E-state index contributed by atoms with van der Waals surface area (Å²) in [6.45, 7) is 3.08. The first-order valence-electron chi connectivity index (χ1n) is 4.05. The lowest BCUT2D eigenvalue weighted by Gasteiger charge is -2.26. The zero-order valence-corrected chi connectivity index (χ0v) is 7.17. The minimum Gasteiger partial charge on any atom is -0.287 e. The predicted octanol–water partition coefficient (Wildman–Crippen LogP) is 1.55. The average molecular weight is 150 g/mol. The Hall–Kier alpha value is -0.810. The van der Waals surface area contributed by atoms with Crippen molar-refractivity contribution < 1.29 is 0 Å². The molecule has 1 aliphatic heterocycles. The van der Waals surface area contributed by atoms with Gasteiger partial charge in [0, 0.05) is 6.54 Å². The second-order valence-corrected chi connectivity index (χ2v) is 3.00. The molecule has 0 fully saturated rings. The first-order chi connectivity index (χ1) is 5.27. The second-order valence-electron chi connectivity index (χ2n) is 3.00. The fraction of sp³-hybridized carbons (Fsp3) is 0.667. The molecule has 1 heterocycles. The molecule has 0 aliphatic carbocycles. The second kappa shape index (κ2) is 3.54. The molecule has 0 saturated heterocycles. The number of nitriles is 1. The first-order valence-corrected chi connectivity index (χ1v) is 4.05. The third kappa shape index (κ3) is 1.81. The van der Waals surface area contributed by atoms with E-state index < -0.39 is 0 Å². The highest BCUT2D eigenvalue weighted by Crippen LogP contribution is 2.17. The van der Waals surface area contributed by atoms with Crippen molar-refractivity contribution >= 4 is 0 Å². The number of nitrogens with zero attached hydrogens (tertiary/aromatic N) is 2. The lowest BCUT2D eigenvalue weighted by atomic mass is 10.00. The number of rotatable bonds is 1. The van der Waals surface area contributed by atoms with Crippen molar-refractivity contribution in [1.82, 2.24) is 4.90 Å². The molecule has 0 spiro atoms. The van der Waals surface area contributed by atoms with Gasteiger partial charge in [-0.1, -0.05) is 18.6 Å². The van der Waals surface area contributed by atoms with Gasteiger partial charge in [-0.05, 0) is 19.9 Å². The average Bonchev–Trinajstić information content (AvgIpc) is 2.05. The third-order valence-corrected chi connectivity index (χ3v) is 2.26. The van der Waals surface area contributed by atoms with Crippen molar-refractivity contribution in [2.24, 2.45) is 0 Å². The predicted molar refractivity (Wildman–Crippen MR) is 45.0 cm³/mol. The van der Waals surface area contributed by atoms with Crippen molar-refractivity contribution in [3.8, 4) is 6.07 Å². The number of likely N-dealkylation sites (N-methyl/N-ethyl adjacent to an activating group) is 1. The van der Waals surface area contributed by atoms with E-state index >= 15 is 0 Å². The van der Waals surface area contributed by atoms with Gasteiger partial charge in [0.25, 0.3) is 0 Å². The SMILES string of the molecule is CCC1=CCN(C)C(C#N)C1. The summed E-state index contributed by atoms with van der Waals surface area (Å²) in [5.74, 6) is 0. The highest BCUT2D eigenvalue weighted by Gasteiger charge is 2.18. The van der Waals surface area contributed by atoms with E-state index in [9.17, 15) is 0 Å². The summed E-state index contributed by atoms with van der Waals surface area (Å²) in [5, 5.41) is 8.76. The Labute approximate surface area is 68.1 Å². The van der Waals surface area contributed by atoms with Gasteiger partial charge in [0.1, 0.15) is 6.04 Å². The Morgan fingerprint density at radius 2 is 2.55 bits per heavy atom. The zero-order chi connectivity index (χ0) is 8.27. The molecule has 2 heteroatoms. The van der Waals surface area contributed by atoms with E-state index in [1.54, 1.807) is 0 Å². The fourth-order valence-corrected chi connectivity index (χ4v) is 1.32. The molecule has 1 rings (SSSR count). The van der Waals surface area contributed by atoms with Gasteiger partial charge in [-0.2, -0.15) is 5.26 Å². The fourth-order valence-electron chi connectivity index (χ4n) is 1.32. The maximum atomic E-state index is 8.76. The smallest absolute Gasteiger partial charge is 0.102 e. The van der Waals surface area contributed by atoms with E-state index in [0.29, 0.717) is 0 Å². The normalized spacial score (nSPS) is 25.9. The van der Waals surface area contributed by atoms with E-state index in [2.05, 4.69) is 24.0 Å². The van der Waals surface area contributed by atoms with E-state index in [1.807, 2.05) is 7.05 Å². The largest absolute Gasteiger partial charge is 0.287 e. The minimum atomic E-state index is 0.106. The van der Waals surface area contributed by atoms with Crippen molar-refractivity contribution in [2.45, 2.75) is 25.8 Å². The van der Waals surface area contributed by atoms with Crippen LogP contribution in [0.5, 0.6) is 0 Å². The lowest BCUT2D eigenvalue weighted by molar-refractivity contribution is 0.299. The zero-order valence-electron chi connectivity index (χ0n) is 7.17. The standard InChI is InChI=1S/C9H14N2/c1-3-8-4-5-11(2)9(6-8)7-10/h4,9H,3,5-6H2,1-2H3. The Morgan fingerprint density at radius 3 is 3.09 bits per heavy atom. The third-order valence-electron chi connectivity index (χ3n) is 2.26. The summed E-state index contributed by atoms with van der Waals surface area (Å²) < 4.78 is 0. The Kier molecular flexibility index (Phi) is 2.67. The van der Waals surface area contributed by atoms with Crippen LogP contribution in [0.4, 0.5) is 0 Å². The first kappa shape index (κ1) is 8.29. The molecule has 0 N–H and O–H groups in total. The van der Waals surface area contributed by atoms with Gasteiger partial charge in [0.05, 0.1) is 6.07 Å². The highest BCUT2D eigenvalue weighted by atomic mass is 15.1. The van der Waals surface area contributed by atoms with Gasteiger partial charge in [-0.3, -0.25) is 4.90 Å². The molecule has 0 aromatic heterocycles. The van der Waals surface area contributed by atoms with Gasteiger partial charge in [-0.25, -0.2) is 0 Å². The van der Waals surface area contributed by atoms with Gasteiger partial charge >= 0.3 is 0 Å². The summed E-state index contributed by atoms with van der Waals surface area (Å²) in [6.07, 6.45) is 4.25. The molecule has 0 amide bonds. The topological polar surface area (TPSA) is 27.0 Å². The molecule has 1 atom stereocenters. The summed E-state index contributed by atoms with van der Waals surface area (Å²) in [7, 11) is 2.00. The maximum absolute atomic E-state index is 8.76. The van der Waals surface area contributed by atoms with Crippen molar-refractivity contribution in [2.75, 3.05) is 13.6 Å². The summed E-state index contributed by atoms with van der Waals surface area (Å²) in [4.78, 5) is 2.08. The van der Waals surface area contributed by atoms with Crippen LogP contribution in [0, 0.1) is 11.3 Å². The molecule has 0 bridgehead atoms. The van der Waals surface area contributed by atoms with E-state index in [1.165, 1.54) is 5.57 Å². The molecule has 0 saturated carbocycles. The van der Waals surface area contributed by atoms with Crippen LogP contribution in [0.15, 0.2) is 11.6 Å². The minimum absolute atomic E-state index is 0.106. The molecular formula is C9H14N2. The Balaban J connectivity index is 2.62. The maximum Gasteiger partial charge on any atom is 0.102 e. The van der Waals surface area contributed by atoms with Crippen molar-refractivity contribution in [3.05, 3.63) is 11.6 Å². The molecule has 1 unspecified atom stereocenters. The molecule has 0 radical (unpaired) electrons. The molecular weight excluding hydrogens is 136 g/mol. The Morgan fingerprint density at radius 1 is 1.82 bits per heavy atom. The quantitative estimate of drug-likeness (QED) is 0.530. The van der Waals surface area contributed by atoms with Gasteiger partial charge in [-0.15, -0.1) is 0 Å². The monoisotopic (exact) mass is 150 g/mol. The Bertz CT molecular complexity index is 200. The highest BCUT2D eigenvalue weighted by molar-refractivity contribution is 5.13. The number of hydrogen-bond donors (Lipinski definition) is 0. The van der Waals surface area contributed by atoms with Crippen LogP contribution >= 0.6 is 0 Å². The molecule has 2 nitrogen and oxygen atoms in total. The van der Waals surface area contributed by atoms with Gasteiger partial charge in [0.2, 0.25) is 0 Å². The molecule has 0 aromatic carbocycles. The van der Waals surface area contributed by atoms with Crippen LogP contribution in [0.25, 0.3) is 0 Å². The van der Waals surface area contributed by atoms with Crippen LogP contribution in [0.2, 0.25) is 0 Å². The van der Waals surface area contributed by atoms with Crippen LogP contribution in [-0.2, 0) is 0 Å². The van der Waals surface area contributed by atoms with Crippen molar-refractivity contribution in [1.29, 1.82) is 5.26 Å². The summed E-state index contributed by atoms with van der Waals surface area (Å²) >= 11 is 0. The molecule has 0 aromatic rings. The summed E-state index contributed by atoms with van der Waals surface area (Å²) in [5.41, 5.74) is 1.43. The van der Waals surface area contributed by atoms with E-state index in [-0.39, 0.29) is 6.04 Å². The van der Waals surface area contributed by atoms with Gasteiger partial charge < -0.3 is 0 Å². The molecule has 1 aliphatic rings. The molecule has 60 valence electrons. The summed E-state index contributed by atoms with van der Waals surface area (Å²) in [6, 6.07) is 2.41.